The minimum absolute atomic E-state index is 0.0277. The van der Waals surface area contributed by atoms with Crippen molar-refractivity contribution in [1.82, 2.24) is 9.97 Å². The molecule has 0 fully saturated rings. The van der Waals surface area contributed by atoms with Crippen molar-refractivity contribution in [3.8, 4) is 21.7 Å². The number of rotatable bonds is 4. The minimum Gasteiger partial charge on any atom is -0.332 e. The van der Waals surface area contributed by atoms with Crippen LogP contribution < -0.4 is 10.6 Å². The number of aryl methyl sites for hydroxylation is 1. The summed E-state index contributed by atoms with van der Waals surface area (Å²) in [6.45, 7) is 8.65. The molecule has 2 aromatic carbocycles. The Labute approximate surface area is 198 Å². The smallest absolute Gasteiger partial charge is 0.175 e. The van der Waals surface area contributed by atoms with Gasteiger partial charge in [0.2, 0.25) is 0 Å². The van der Waals surface area contributed by atoms with Crippen LogP contribution in [-0.2, 0) is 5.41 Å². The summed E-state index contributed by atoms with van der Waals surface area (Å²) in [6.07, 6.45) is 3.62. The van der Waals surface area contributed by atoms with Crippen molar-refractivity contribution in [1.29, 1.82) is 0 Å². The van der Waals surface area contributed by atoms with E-state index < -0.39 is 0 Å². The molecule has 0 atom stereocenters. The Morgan fingerprint density at radius 1 is 0.875 bits per heavy atom. The van der Waals surface area contributed by atoms with Gasteiger partial charge >= 0.3 is 0 Å². The first-order valence-corrected chi connectivity index (χ1v) is 11.7. The van der Waals surface area contributed by atoms with Gasteiger partial charge in [0.15, 0.2) is 5.11 Å². The average molecular weight is 459 g/mol. The van der Waals surface area contributed by atoms with Gasteiger partial charge in [0, 0.05) is 34.7 Å². The molecule has 0 bridgehead atoms. The lowest BCUT2D eigenvalue weighted by Crippen LogP contribution is -2.18. The van der Waals surface area contributed by atoms with Gasteiger partial charge in [0.05, 0.1) is 15.6 Å². The first-order chi connectivity index (χ1) is 15.3. The van der Waals surface area contributed by atoms with E-state index in [1.54, 1.807) is 11.3 Å². The van der Waals surface area contributed by atoms with E-state index in [-0.39, 0.29) is 5.41 Å². The average Bonchev–Trinajstić information content (AvgIpc) is 3.22. The Bertz CT molecular complexity index is 1220. The molecule has 6 heteroatoms. The molecule has 0 radical (unpaired) electrons. The van der Waals surface area contributed by atoms with Crippen molar-refractivity contribution in [2.75, 3.05) is 10.6 Å². The molecule has 4 aromatic rings. The van der Waals surface area contributed by atoms with Crippen molar-refractivity contribution in [2.45, 2.75) is 33.1 Å². The Kier molecular flexibility index (Phi) is 6.35. The van der Waals surface area contributed by atoms with Gasteiger partial charge in [-0.2, -0.15) is 0 Å². The third-order valence-electron chi connectivity index (χ3n) is 4.91. The molecule has 0 amide bonds. The summed E-state index contributed by atoms with van der Waals surface area (Å²) < 4.78 is 0. The second kappa shape index (κ2) is 9.18. The maximum atomic E-state index is 5.53. The number of nitrogens with zero attached hydrogens (tertiary/aromatic N) is 2. The van der Waals surface area contributed by atoms with Crippen LogP contribution in [0.15, 0.2) is 73.1 Å². The van der Waals surface area contributed by atoms with Crippen LogP contribution in [0.25, 0.3) is 21.7 Å². The highest BCUT2D eigenvalue weighted by molar-refractivity contribution is 7.80. The van der Waals surface area contributed by atoms with Crippen LogP contribution >= 0.6 is 23.6 Å². The summed E-state index contributed by atoms with van der Waals surface area (Å²) in [5.74, 6) is 0. The maximum absolute atomic E-state index is 5.53. The third kappa shape index (κ3) is 5.21. The summed E-state index contributed by atoms with van der Waals surface area (Å²) in [4.78, 5) is 10.3. The van der Waals surface area contributed by atoms with E-state index in [2.05, 4.69) is 67.6 Å². The van der Waals surface area contributed by atoms with E-state index in [0.717, 1.165) is 38.1 Å². The normalized spacial score (nSPS) is 11.2. The summed E-state index contributed by atoms with van der Waals surface area (Å²) in [7, 11) is 0. The fourth-order valence-electron chi connectivity index (χ4n) is 3.21. The SMILES string of the molecule is Cc1ccc(NC(=S)Nc2cccc(-c3sc(C(C)(C)C)nc3-c3ccncc3)c2)cc1. The van der Waals surface area contributed by atoms with Crippen molar-refractivity contribution < 1.29 is 0 Å². The molecule has 2 heterocycles. The number of benzene rings is 2. The zero-order valence-electron chi connectivity index (χ0n) is 18.6. The molecule has 2 aromatic heterocycles. The maximum Gasteiger partial charge on any atom is 0.175 e. The van der Waals surface area contributed by atoms with Crippen LogP contribution in [0.3, 0.4) is 0 Å². The Hall–Kier alpha value is -3.09. The number of hydrogen-bond acceptors (Lipinski definition) is 4. The number of aromatic nitrogens is 2. The summed E-state index contributed by atoms with van der Waals surface area (Å²) >= 11 is 7.27. The largest absolute Gasteiger partial charge is 0.332 e. The molecule has 32 heavy (non-hydrogen) atoms. The number of pyridine rings is 1. The lowest BCUT2D eigenvalue weighted by molar-refractivity contribution is 0.586. The quantitative estimate of drug-likeness (QED) is 0.315. The molecule has 0 saturated heterocycles. The van der Waals surface area contributed by atoms with Crippen LogP contribution in [0.5, 0.6) is 0 Å². The second-order valence-corrected chi connectivity index (χ2v) is 10.1. The number of thiazole rings is 1. The van der Waals surface area contributed by atoms with Crippen LogP contribution in [0.1, 0.15) is 31.3 Å². The molecule has 0 unspecified atom stereocenters. The van der Waals surface area contributed by atoms with Crippen molar-refractivity contribution in [3.63, 3.8) is 0 Å². The van der Waals surface area contributed by atoms with E-state index in [1.165, 1.54) is 5.56 Å². The monoisotopic (exact) mass is 458 g/mol. The molecule has 0 aliphatic heterocycles. The van der Waals surface area contributed by atoms with E-state index in [9.17, 15) is 0 Å². The summed E-state index contributed by atoms with van der Waals surface area (Å²) in [6, 6.07) is 20.5. The Balaban J connectivity index is 1.63. The third-order valence-corrected chi connectivity index (χ3v) is 6.65. The molecule has 0 spiro atoms. The predicted molar refractivity (Wildman–Crippen MR) is 141 cm³/mol. The van der Waals surface area contributed by atoms with Crippen LogP contribution in [0, 0.1) is 6.92 Å². The fraction of sp³-hybridized carbons (Fsp3) is 0.192. The highest BCUT2D eigenvalue weighted by atomic mass is 32.1. The highest BCUT2D eigenvalue weighted by Gasteiger charge is 2.23. The van der Waals surface area contributed by atoms with Crippen molar-refractivity contribution >= 4 is 40.0 Å². The topological polar surface area (TPSA) is 49.8 Å². The van der Waals surface area contributed by atoms with Gasteiger partial charge in [-0.05, 0) is 61.1 Å². The van der Waals surface area contributed by atoms with E-state index in [0.29, 0.717) is 5.11 Å². The van der Waals surface area contributed by atoms with Crippen molar-refractivity contribution in [2.24, 2.45) is 0 Å². The van der Waals surface area contributed by atoms with Gasteiger partial charge in [-0.25, -0.2) is 4.98 Å². The van der Waals surface area contributed by atoms with Gasteiger partial charge in [-0.3, -0.25) is 4.98 Å². The highest BCUT2D eigenvalue weighted by Crippen LogP contribution is 2.41. The molecule has 4 rings (SSSR count). The zero-order chi connectivity index (χ0) is 22.7. The molecule has 162 valence electrons. The van der Waals surface area contributed by atoms with Gasteiger partial charge in [0.1, 0.15) is 0 Å². The van der Waals surface area contributed by atoms with Gasteiger partial charge < -0.3 is 10.6 Å². The first-order valence-electron chi connectivity index (χ1n) is 10.5. The Morgan fingerprint density at radius 3 is 2.25 bits per heavy atom. The van der Waals surface area contributed by atoms with Crippen molar-refractivity contribution in [3.05, 3.63) is 83.6 Å². The Morgan fingerprint density at radius 2 is 1.56 bits per heavy atom. The first kappa shape index (κ1) is 22.1. The fourth-order valence-corrected chi connectivity index (χ4v) is 4.59. The number of nitrogens with one attached hydrogen (secondary N) is 2. The minimum atomic E-state index is -0.0277. The molecule has 0 saturated carbocycles. The molecular formula is C26H26N4S2. The van der Waals surface area contributed by atoms with Crippen LogP contribution in [-0.4, -0.2) is 15.1 Å². The summed E-state index contributed by atoms with van der Waals surface area (Å²) in [5.41, 5.74) is 6.23. The van der Waals surface area contributed by atoms with Gasteiger partial charge in [-0.15, -0.1) is 11.3 Å². The van der Waals surface area contributed by atoms with Gasteiger partial charge in [0.25, 0.3) is 0 Å². The lowest BCUT2D eigenvalue weighted by atomic mass is 9.98. The number of thiocarbonyl (C=S) groups is 1. The lowest BCUT2D eigenvalue weighted by Gasteiger charge is -2.13. The van der Waals surface area contributed by atoms with Crippen LogP contribution in [0.2, 0.25) is 0 Å². The molecule has 4 nitrogen and oxygen atoms in total. The number of anilines is 2. The molecule has 0 aliphatic carbocycles. The van der Waals surface area contributed by atoms with Gasteiger partial charge in [-0.1, -0.05) is 50.6 Å². The van der Waals surface area contributed by atoms with E-state index in [4.69, 9.17) is 17.2 Å². The van der Waals surface area contributed by atoms with E-state index in [1.807, 2.05) is 48.8 Å². The molecular weight excluding hydrogens is 432 g/mol. The summed E-state index contributed by atoms with van der Waals surface area (Å²) in [5, 5.41) is 8.21. The molecule has 0 aliphatic rings. The predicted octanol–water partition coefficient (Wildman–Crippen LogP) is 7.29. The standard InChI is InChI=1S/C26H26N4S2/c1-17-8-10-20(11-9-17)28-25(31)29-21-7-5-6-19(16-21)23-22(18-12-14-27-15-13-18)30-24(32-23)26(2,3)4/h5-16H,1-4H3,(H2,28,29,31). The number of hydrogen-bond donors (Lipinski definition) is 2. The van der Waals surface area contributed by atoms with Crippen LogP contribution in [0.4, 0.5) is 11.4 Å². The molecule has 2 N–H and O–H groups in total. The second-order valence-electron chi connectivity index (χ2n) is 8.71. The zero-order valence-corrected chi connectivity index (χ0v) is 20.3. The van der Waals surface area contributed by atoms with E-state index >= 15 is 0 Å².